The van der Waals surface area contributed by atoms with Gasteiger partial charge in [-0.2, -0.15) is 10.4 Å². The van der Waals surface area contributed by atoms with E-state index >= 15 is 0 Å². The molecule has 6 aromatic rings. The van der Waals surface area contributed by atoms with Crippen LogP contribution < -0.4 is 25.8 Å². The van der Waals surface area contributed by atoms with Gasteiger partial charge in [0.2, 0.25) is 17.7 Å². The van der Waals surface area contributed by atoms with Crippen molar-refractivity contribution in [1.29, 1.82) is 5.26 Å². The van der Waals surface area contributed by atoms with Gasteiger partial charge in [-0.3, -0.25) is 23.9 Å². The van der Waals surface area contributed by atoms with Crippen molar-refractivity contribution in [3.05, 3.63) is 111 Å². The number of benzene rings is 3. The van der Waals surface area contributed by atoms with Gasteiger partial charge in [-0.15, -0.1) is 11.3 Å². The van der Waals surface area contributed by atoms with E-state index in [0.717, 1.165) is 119 Å². The molecule has 0 spiro atoms. The molecule has 0 unspecified atom stereocenters. The fourth-order valence-corrected chi connectivity index (χ4v) is 11.2. The van der Waals surface area contributed by atoms with Gasteiger partial charge in [-0.1, -0.05) is 70.7 Å². The van der Waals surface area contributed by atoms with Crippen LogP contribution >= 0.6 is 11.3 Å². The Hall–Kier alpha value is -6.83. The maximum atomic E-state index is 14.2. The van der Waals surface area contributed by atoms with E-state index in [4.69, 9.17) is 4.74 Å². The first-order chi connectivity index (χ1) is 34.9. The lowest BCUT2D eigenvalue weighted by atomic mass is 9.85. The Morgan fingerprint density at radius 3 is 2.41 bits per heavy atom. The number of anilines is 2. The number of rotatable bonds is 18. The fraction of sp³-hybridized carbons (Fsp3) is 0.456. The summed E-state index contributed by atoms with van der Waals surface area (Å²) in [5, 5.41) is 32.8. The lowest BCUT2D eigenvalue weighted by molar-refractivity contribution is -0.144. The van der Waals surface area contributed by atoms with Gasteiger partial charge in [-0.05, 0) is 86.8 Å². The first-order valence-corrected chi connectivity index (χ1v) is 26.5. The standard InChI is InChI=1S/C57H69N9O6S/c1-35-24-46-48(63(7)55(35)70)28-44(72-8)29-49(46)65-23-15-16-40-25-45(41(30-58)26-47(40)65)42-31-60-64(32-42)22-14-12-10-9-11-13-17-51(68)62-53(57(4,5)6)56(71)66-33-43(67)27-50(66)54(69)61-36(2)38-18-20-39(21-19-38)52-37(3)59-34-73-52/h18-21,24-26,28-29,31-32,34,36,43,50,53,67H,9-17,22-23,27,33H2,1-8H3,(H,61,69)(H,62,68)/t36-,43-,50+,53-/m1/s1. The van der Waals surface area contributed by atoms with Crippen molar-refractivity contribution in [3.8, 4) is 33.4 Å². The third-order valence-electron chi connectivity index (χ3n) is 14.5. The zero-order chi connectivity index (χ0) is 52.1. The molecule has 1 fully saturated rings. The number of methoxy groups -OCH3 is 1. The molecule has 0 bridgehead atoms. The number of aliphatic hydroxyl groups excluding tert-OH is 1. The van der Waals surface area contributed by atoms with Gasteiger partial charge >= 0.3 is 0 Å². The van der Waals surface area contributed by atoms with Crippen molar-refractivity contribution in [3.63, 3.8) is 0 Å². The van der Waals surface area contributed by atoms with Gasteiger partial charge in [0.05, 0.1) is 64.4 Å². The number of aryl methyl sites for hydroxylation is 5. The number of aliphatic hydroxyl groups is 1. The Bertz CT molecular complexity index is 3090. The molecule has 2 aliphatic rings. The number of nitrogens with zero attached hydrogens (tertiary/aromatic N) is 7. The number of β-amino-alcohol motifs (C(OH)–C–C–N with tert-alkyl or cyclic N) is 1. The second-order valence-corrected chi connectivity index (χ2v) is 21.8. The number of nitriles is 1. The Morgan fingerprint density at radius 2 is 1.71 bits per heavy atom. The smallest absolute Gasteiger partial charge is 0.253 e. The number of unbranched alkanes of at least 4 members (excludes halogenated alkanes) is 5. The number of pyridine rings is 1. The molecule has 1 saturated heterocycles. The number of amides is 3. The summed E-state index contributed by atoms with van der Waals surface area (Å²) in [4.78, 5) is 63.2. The molecule has 3 amide bonds. The largest absolute Gasteiger partial charge is 0.497 e. The van der Waals surface area contributed by atoms with Crippen molar-refractivity contribution in [2.24, 2.45) is 12.5 Å². The summed E-state index contributed by atoms with van der Waals surface area (Å²) in [5.41, 5.74) is 10.9. The second-order valence-electron chi connectivity index (χ2n) is 20.9. The molecule has 0 saturated carbocycles. The Balaban J connectivity index is 0.796. The first-order valence-electron chi connectivity index (χ1n) is 25.6. The molecular weight excluding hydrogens is 939 g/mol. The van der Waals surface area contributed by atoms with E-state index in [2.05, 4.69) is 37.8 Å². The molecule has 73 heavy (non-hydrogen) atoms. The van der Waals surface area contributed by atoms with Gasteiger partial charge < -0.3 is 34.8 Å². The van der Waals surface area contributed by atoms with Crippen molar-refractivity contribution in [2.75, 3.05) is 25.1 Å². The maximum absolute atomic E-state index is 14.2. The molecule has 0 radical (unpaired) electrons. The zero-order valence-corrected chi connectivity index (χ0v) is 44.3. The summed E-state index contributed by atoms with van der Waals surface area (Å²) in [5.74, 6) is -0.260. The van der Waals surface area contributed by atoms with Gasteiger partial charge in [0.1, 0.15) is 17.8 Å². The van der Waals surface area contributed by atoms with Crippen LogP contribution in [-0.4, -0.2) is 85.4 Å². The van der Waals surface area contributed by atoms with Crippen LogP contribution in [0.5, 0.6) is 5.75 Å². The first kappa shape index (κ1) is 52.5. The second kappa shape index (κ2) is 22.5. The van der Waals surface area contributed by atoms with Crippen LogP contribution in [0.15, 0.2) is 77.3 Å². The molecule has 3 N–H and O–H groups in total. The molecule has 384 valence electrons. The van der Waals surface area contributed by atoms with Crippen molar-refractivity contribution in [2.45, 2.75) is 137 Å². The predicted octanol–water partition coefficient (Wildman–Crippen LogP) is 9.21. The highest BCUT2D eigenvalue weighted by Gasteiger charge is 2.44. The summed E-state index contributed by atoms with van der Waals surface area (Å²) in [7, 11) is 3.41. The zero-order valence-electron chi connectivity index (χ0n) is 43.5. The minimum Gasteiger partial charge on any atom is -0.497 e. The van der Waals surface area contributed by atoms with E-state index < -0.39 is 23.6 Å². The van der Waals surface area contributed by atoms with E-state index in [0.29, 0.717) is 23.3 Å². The van der Waals surface area contributed by atoms with E-state index in [1.807, 2.05) is 113 Å². The summed E-state index contributed by atoms with van der Waals surface area (Å²) >= 11 is 1.58. The van der Waals surface area contributed by atoms with Gasteiger partial charge in [0.25, 0.3) is 5.56 Å². The van der Waals surface area contributed by atoms with Crippen LogP contribution in [0.1, 0.15) is 119 Å². The highest BCUT2D eigenvalue weighted by Crippen LogP contribution is 2.42. The number of carbonyl (C=O) groups excluding carboxylic acids is 3. The highest BCUT2D eigenvalue weighted by atomic mass is 32.1. The molecule has 4 atom stereocenters. The van der Waals surface area contributed by atoms with E-state index in [1.165, 1.54) is 4.90 Å². The summed E-state index contributed by atoms with van der Waals surface area (Å²) in [6.07, 6.45) is 10.7. The number of hydrogen-bond acceptors (Lipinski definition) is 11. The van der Waals surface area contributed by atoms with Crippen LogP contribution in [0.3, 0.4) is 0 Å². The molecule has 16 heteroatoms. The van der Waals surface area contributed by atoms with Crippen LogP contribution in [0, 0.1) is 30.6 Å². The number of nitrogens with one attached hydrogen (secondary N) is 2. The Morgan fingerprint density at radius 1 is 0.973 bits per heavy atom. The Kier molecular flexibility index (Phi) is 16.2. The molecule has 3 aromatic heterocycles. The lowest BCUT2D eigenvalue weighted by Gasteiger charge is -2.35. The average Bonchev–Trinajstić information content (AvgIpc) is 4.14. The van der Waals surface area contributed by atoms with Crippen LogP contribution in [0.2, 0.25) is 0 Å². The number of thiazole rings is 1. The van der Waals surface area contributed by atoms with Crippen LogP contribution in [0.4, 0.5) is 11.4 Å². The molecule has 2 aliphatic heterocycles. The fourth-order valence-electron chi connectivity index (χ4n) is 10.4. The SMILES string of the molecule is COc1cc(N2CCCc3cc(-c4cnn(CCCCCCCCC(=O)N[C@H](C(=O)N5C[C@H](O)C[C@H]5C(=O)N[C@H](C)c5ccc(-c6scnc6C)cc5)C(C)(C)C)c4)c(C#N)cc32)c2cc(C)c(=O)n(C)c2c1. The molecule has 0 aliphatic carbocycles. The number of aromatic nitrogens is 4. The topological polar surface area (TPSA) is 188 Å². The normalized spacial score (nSPS) is 16.5. The van der Waals surface area contributed by atoms with Gasteiger partial charge in [0, 0.05) is 85.6 Å². The number of fused-ring (bicyclic) bond motifs is 2. The monoisotopic (exact) mass is 1010 g/mol. The summed E-state index contributed by atoms with van der Waals surface area (Å²) in [6.45, 7) is 12.9. The molecule has 3 aromatic carbocycles. The number of likely N-dealkylation sites (tertiary alicyclic amines) is 1. The summed E-state index contributed by atoms with van der Waals surface area (Å²) in [6, 6.07) is 18.3. The lowest BCUT2D eigenvalue weighted by Crippen LogP contribution is -2.57. The van der Waals surface area contributed by atoms with E-state index in [-0.39, 0.29) is 48.7 Å². The predicted molar refractivity (Wildman–Crippen MR) is 287 cm³/mol. The molecule has 5 heterocycles. The minimum atomic E-state index is -0.873. The Labute approximate surface area is 432 Å². The van der Waals surface area contributed by atoms with Gasteiger partial charge in [-0.25, -0.2) is 4.98 Å². The molecular formula is C57H69N9O6S. The molecule has 8 rings (SSSR count). The van der Waals surface area contributed by atoms with Crippen LogP contribution in [0.25, 0.3) is 32.5 Å². The van der Waals surface area contributed by atoms with Gasteiger partial charge in [0.15, 0.2) is 0 Å². The van der Waals surface area contributed by atoms with Crippen molar-refractivity contribution < 1.29 is 24.2 Å². The molecule has 15 nitrogen and oxygen atoms in total. The quantitative estimate of drug-likeness (QED) is 0.0701. The van der Waals surface area contributed by atoms with E-state index in [9.17, 15) is 29.5 Å². The summed E-state index contributed by atoms with van der Waals surface area (Å²) < 4.78 is 9.29. The maximum Gasteiger partial charge on any atom is 0.253 e. The van der Waals surface area contributed by atoms with E-state index in [1.54, 1.807) is 30.1 Å². The number of carbonyl (C=O) groups is 3. The number of hydrogen-bond donors (Lipinski definition) is 3. The van der Waals surface area contributed by atoms with Crippen LogP contribution in [-0.2, 0) is 34.4 Å². The third-order valence-corrected chi connectivity index (χ3v) is 15.5. The third kappa shape index (κ3) is 11.7. The highest BCUT2D eigenvalue weighted by molar-refractivity contribution is 7.13. The van der Waals surface area contributed by atoms with Crippen molar-refractivity contribution >= 4 is 51.3 Å². The average molecular weight is 1010 g/mol. The minimum absolute atomic E-state index is 0.0188. The number of ether oxygens (including phenoxy) is 1. The van der Waals surface area contributed by atoms with Crippen molar-refractivity contribution in [1.82, 2.24) is 34.9 Å².